The third kappa shape index (κ3) is 2.03. The Balaban J connectivity index is 2.35. The van der Waals surface area contributed by atoms with Crippen LogP contribution in [0.15, 0.2) is 30.7 Å². The van der Waals surface area contributed by atoms with Crippen LogP contribution in [0, 0.1) is 0 Å². The van der Waals surface area contributed by atoms with E-state index in [1.54, 1.807) is 17.1 Å². The zero-order valence-corrected chi connectivity index (χ0v) is 8.30. The molecule has 0 saturated heterocycles. The minimum absolute atomic E-state index is 0.483. The van der Waals surface area contributed by atoms with Gasteiger partial charge in [0.05, 0.1) is 6.20 Å². The molecule has 0 fully saturated rings. The minimum atomic E-state index is 0.483. The van der Waals surface area contributed by atoms with Gasteiger partial charge in [-0.1, -0.05) is 0 Å². The van der Waals surface area contributed by atoms with Gasteiger partial charge in [0.25, 0.3) is 0 Å². The predicted molar refractivity (Wildman–Crippen MR) is 57.1 cm³/mol. The van der Waals surface area contributed by atoms with Crippen LogP contribution < -0.4 is 11.5 Å². The van der Waals surface area contributed by atoms with E-state index in [4.69, 9.17) is 11.5 Å². The van der Waals surface area contributed by atoms with Gasteiger partial charge in [0, 0.05) is 31.0 Å². The summed E-state index contributed by atoms with van der Waals surface area (Å²) in [6.07, 6.45) is 5.32. The Morgan fingerprint density at radius 1 is 1.20 bits per heavy atom. The lowest BCUT2D eigenvalue weighted by molar-refractivity contribution is 0.840. The summed E-state index contributed by atoms with van der Waals surface area (Å²) in [7, 11) is 0. The van der Waals surface area contributed by atoms with Crippen LogP contribution in [0.2, 0.25) is 0 Å². The predicted octanol–water partition coefficient (Wildman–Crippen LogP) is 0.185. The first-order valence-electron chi connectivity index (χ1n) is 4.72. The Hall–Kier alpha value is -1.72. The molecule has 78 valence electrons. The van der Waals surface area contributed by atoms with Gasteiger partial charge in [-0.2, -0.15) is 5.10 Å². The number of aromatic nitrogens is 3. The Bertz CT molecular complexity index is 449. The van der Waals surface area contributed by atoms with Crippen LogP contribution in [0.3, 0.4) is 0 Å². The fourth-order valence-corrected chi connectivity index (χ4v) is 1.30. The second-order valence-electron chi connectivity index (χ2n) is 3.22. The van der Waals surface area contributed by atoms with E-state index in [9.17, 15) is 0 Å². The molecule has 0 amide bonds. The standard InChI is InChI=1S/C10H13N5/c11-4-8-1-2-13-10(3-8)15-7-9(5-12)6-14-15/h1-3,6-7H,4-5,11-12H2. The van der Waals surface area contributed by atoms with Crippen molar-refractivity contribution in [3.63, 3.8) is 0 Å². The number of rotatable bonds is 3. The maximum absolute atomic E-state index is 5.55. The van der Waals surface area contributed by atoms with E-state index in [1.807, 2.05) is 18.3 Å². The van der Waals surface area contributed by atoms with Crippen molar-refractivity contribution in [2.24, 2.45) is 11.5 Å². The Labute approximate surface area is 87.7 Å². The smallest absolute Gasteiger partial charge is 0.153 e. The molecule has 0 unspecified atom stereocenters. The summed E-state index contributed by atoms with van der Waals surface area (Å²) in [5.74, 6) is 0.762. The Morgan fingerprint density at radius 3 is 2.67 bits per heavy atom. The quantitative estimate of drug-likeness (QED) is 0.745. The summed E-state index contributed by atoms with van der Waals surface area (Å²) < 4.78 is 1.70. The van der Waals surface area contributed by atoms with Gasteiger partial charge in [-0.3, -0.25) is 0 Å². The monoisotopic (exact) mass is 203 g/mol. The lowest BCUT2D eigenvalue weighted by Gasteiger charge is -2.01. The molecule has 2 heterocycles. The molecule has 0 aliphatic heterocycles. The molecule has 0 aromatic carbocycles. The molecule has 2 aromatic heterocycles. The molecule has 5 nitrogen and oxygen atoms in total. The highest BCUT2D eigenvalue weighted by Crippen LogP contribution is 2.07. The second-order valence-corrected chi connectivity index (χ2v) is 3.22. The Kier molecular flexibility index (Phi) is 2.75. The zero-order valence-electron chi connectivity index (χ0n) is 8.30. The molecule has 2 aromatic rings. The van der Waals surface area contributed by atoms with Gasteiger partial charge in [0.15, 0.2) is 5.82 Å². The molecule has 0 aliphatic rings. The summed E-state index contributed by atoms with van der Waals surface area (Å²) >= 11 is 0. The fourth-order valence-electron chi connectivity index (χ4n) is 1.30. The topological polar surface area (TPSA) is 82.8 Å². The second kappa shape index (κ2) is 4.20. The summed E-state index contributed by atoms with van der Waals surface area (Å²) in [6.45, 7) is 0.983. The van der Waals surface area contributed by atoms with Crippen molar-refractivity contribution < 1.29 is 0 Å². The minimum Gasteiger partial charge on any atom is -0.326 e. The normalized spacial score (nSPS) is 10.5. The van der Waals surface area contributed by atoms with Gasteiger partial charge >= 0.3 is 0 Å². The van der Waals surface area contributed by atoms with Gasteiger partial charge in [-0.05, 0) is 17.7 Å². The molecule has 0 radical (unpaired) electrons. The molecule has 0 saturated carbocycles. The molecule has 15 heavy (non-hydrogen) atoms. The number of hydrogen-bond donors (Lipinski definition) is 2. The molecular formula is C10H13N5. The van der Waals surface area contributed by atoms with Crippen molar-refractivity contribution in [2.45, 2.75) is 13.1 Å². The van der Waals surface area contributed by atoms with Gasteiger partial charge in [0.1, 0.15) is 0 Å². The largest absolute Gasteiger partial charge is 0.326 e. The fraction of sp³-hybridized carbons (Fsp3) is 0.200. The van der Waals surface area contributed by atoms with Gasteiger partial charge in [-0.25, -0.2) is 9.67 Å². The van der Waals surface area contributed by atoms with Crippen LogP contribution in [0.1, 0.15) is 11.1 Å². The molecule has 0 bridgehead atoms. The SMILES string of the molecule is NCc1ccnc(-n2cc(CN)cn2)c1. The molecule has 4 N–H and O–H groups in total. The average molecular weight is 203 g/mol. The van der Waals surface area contributed by atoms with E-state index in [-0.39, 0.29) is 0 Å². The molecule has 5 heteroatoms. The van der Waals surface area contributed by atoms with Crippen LogP contribution in [0.25, 0.3) is 5.82 Å². The zero-order chi connectivity index (χ0) is 10.7. The lowest BCUT2D eigenvalue weighted by Crippen LogP contribution is -2.02. The van der Waals surface area contributed by atoms with Crippen LogP contribution in [0.5, 0.6) is 0 Å². The third-order valence-electron chi connectivity index (χ3n) is 2.15. The first-order valence-corrected chi connectivity index (χ1v) is 4.72. The van der Waals surface area contributed by atoms with Crippen LogP contribution >= 0.6 is 0 Å². The lowest BCUT2D eigenvalue weighted by atomic mass is 10.2. The molecular weight excluding hydrogens is 190 g/mol. The van der Waals surface area contributed by atoms with Crippen molar-refractivity contribution in [3.8, 4) is 5.82 Å². The molecule has 0 atom stereocenters. The van der Waals surface area contributed by atoms with Gasteiger partial charge in [-0.15, -0.1) is 0 Å². The highest BCUT2D eigenvalue weighted by molar-refractivity contribution is 5.27. The van der Waals surface area contributed by atoms with Crippen molar-refractivity contribution in [3.05, 3.63) is 41.9 Å². The van der Waals surface area contributed by atoms with Gasteiger partial charge in [0.2, 0.25) is 0 Å². The first-order chi connectivity index (χ1) is 7.33. The van der Waals surface area contributed by atoms with E-state index in [0.29, 0.717) is 13.1 Å². The average Bonchev–Trinajstić information content (AvgIpc) is 2.78. The number of nitrogens with zero attached hydrogens (tertiary/aromatic N) is 3. The van der Waals surface area contributed by atoms with E-state index in [2.05, 4.69) is 10.1 Å². The third-order valence-corrected chi connectivity index (χ3v) is 2.15. The summed E-state index contributed by atoms with van der Waals surface area (Å²) in [5, 5.41) is 4.17. The first kappa shape index (κ1) is 9.82. The highest BCUT2D eigenvalue weighted by Gasteiger charge is 2.01. The van der Waals surface area contributed by atoms with Crippen molar-refractivity contribution in [1.82, 2.24) is 14.8 Å². The number of nitrogens with two attached hydrogens (primary N) is 2. The van der Waals surface area contributed by atoms with E-state index in [1.165, 1.54) is 0 Å². The Morgan fingerprint density at radius 2 is 2.00 bits per heavy atom. The number of hydrogen-bond acceptors (Lipinski definition) is 4. The highest BCUT2D eigenvalue weighted by atomic mass is 15.3. The van der Waals surface area contributed by atoms with Crippen molar-refractivity contribution in [1.29, 1.82) is 0 Å². The van der Waals surface area contributed by atoms with Gasteiger partial charge < -0.3 is 11.5 Å². The maximum atomic E-state index is 5.55. The summed E-state index contributed by atoms with van der Waals surface area (Å²) in [4.78, 5) is 4.21. The maximum Gasteiger partial charge on any atom is 0.153 e. The van der Waals surface area contributed by atoms with E-state index < -0.39 is 0 Å². The number of pyridine rings is 1. The molecule has 0 spiro atoms. The van der Waals surface area contributed by atoms with Crippen LogP contribution in [0.4, 0.5) is 0 Å². The molecule has 2 rings (SSSR count). The van der Waals surface area contributed by atoms with E-state index in [0.717, 1.165) is 16.9 Å². The van der Waals surface area contributed by atoms with Crippen molar-refractivity contribution in [2.75, 3.05) is 0 Å². The summed E-state index contributed by atoms with van der Waals surface area (Å²) in [5.41, 5.74) is 13.1. The van der Waals surface area contributed by atoms with Crippen LogP contribution in [-0.4, -0.2) is 14.8 Å². The van der Waals surface area contributed by atoms with Crippen LogP contribution in [-0.2, 0) is 13.1 Å². The van der Waals surface area contributed by atoms with E-state index >= 15 is 0 Å². The summed E-state index contributed by atoms with van der Waals surface area (Å²) in [6, 6.07) is 3.80. The van der Waals surface area contributed by atoms with Crippen molar-refractivity contribution >= 4 is 0 Å². The molecule has 0 aliphatic carbocycles.